The molecule has 10 nitrogen and oxygen atoms in total. The number of ether oxygens (including phenoxy) is 2. The Balaban J connectivity index is 1.46. The van der Waals surface area contributed by atoms with Gasteiger partial charge in [-0.3, -0.25) is 4.52 Å². The zero-order chi connectivity index (χ0) is 22.1. The van der Waals surface area contributed by atoms with Crippen LogP contribution in [-0.4, -0.2) is 38.7 Å². The van der Waals surface area contributed by atoms with Crippen molar-refractivity contribution in [3.63, 3.8) is 0 Å². The molecule has 0 saturated carbocycles. The summed E-state index contributed by atoms with van der Waals surface area (Å²) in [5.41, 5.74) is 0.961. The molecule has 1 N–H and O–H groups in total. The topological polar surface area (TPSA) is 111 Å². The molecule has 0 radical (unpaired) electrons. The van der Waals surface area contributed by atoms with E-state index in [0.29, 0.717) is 44.7 Å². The van der Waals surface area contributed by atoms with Crippen molar-refractivity contribution in [2.75, 3.05) is 12.9 Å². The molecule has 3 heterocycles. The van der Waals surface area contributed by atoms with Gasteiger partial charge in [0.2, 0.25) is 10.8 Å². The number of methoxy groups -OCH3 is 1. The van der Waals surface area contributed by atoms with Crippen LogP contribution in [0.5, 0.6) is 11.5 Å². The SMILES string of the molecule is COc1ccc(-[n+]2[nH]oc(=O)c2C2=Nn3c(COc4ccc(Cl)cc4)nnc3SC2)cc1. The van der Waals surface area contributed by atoms with Gasteiger partial charge in [-0.25, -0.2) is 4.79 Å². The third-order valence-corrected chi connectivity index (χ3v) is 5.85. The van der Waals surface area contributed by atoms with Crippen molar-refractivity contribution in [3.05, 3.63) is 75.5 Å². The molecule has 0 spiro atoms. The standard InChI is InChI=1S/C20H15ClN6O4S/c1-29-14-8-4-13(5-9-14)26-18(19(28)31-25-26)16-11-32-20-23-22-17(27(20)24-16)10-30-15-6-2-12(21)3-7-15/h2-9H,10-11H2,1H3/p+1. The highest BCUT2D eigenvalue weighted by atomic mass is 35.5. The third kappa shape index (κ3) is 3.87. The first-order valence-electron chi connectivity index (χ1n) is 9.44. The van der Waals surface area contributed by atoms with Crippen molar-refractivity contribution >= 4 is 29.1 Å². The molecule has 1 aliphatic rings. The van der Waals surface area contributed by atoms with Crippen LogP contribution in [0.3, 0.4) is 0 Å². The fourth-order valence-corrected chi connectivity index (χ4v) is 4.04. The molecule has 0 bridgehead atoms. The number of benzene rings is 2. The zero-order valence-corrected chi connectivity index (χ0v) is 18.3. The summed E-state index contributed by atoms with van der Waals surface area (Å²) < 4.78 is 19.1. The first kappa shape index (κ1) is 20.3. The lowest BCUT2D eigenvalue weighted by molar-refractivity contribution is -0.671. The van der Waals surface area contributed by atoms with E-state index < -0.39 is 5.63 Å². The number of H-pyrrole nitrogens is 1. The van der Waals surface area contributed by atoms with Crippen molar-refractivity contribution in [1.82, 2.24) is 20.1 Å². The minimum Gasteiger partial charge on any atom is -0.497 e. The predicted octanol–water partition coefficient (Wildman–Crippen LogP) is 2.44. The number of nitrogens with one attached hydrogen (secondary N) is 1. The molecule has 0 unspecified atom stereocenters. The second-order valence-corrected chi connectivity index (χ2v) is 8.03. The van der Waals surface area contributed by atoms with Crippen LogP contribution in [0.2, 0.25) is 5.02 Å². The molecule has 4 aromatic rings. The third-order valence-electron chi connectivity index (χ3n) is 4.67. The number of hydrogen-bond acceptors (Lipinski definition) is 8. The first-order valence-corrected chi connectivity index (χ1v) is 10.8. The summed E-state index contributed by atoms with van der Waals surface area (Å²) in [6.45, 7) is 0.145. The number of nitrogens with zero attached hydrogens (tertiary/aromatic N) is 5. The highest BCUT2D eigenvalue weighted by molar-refractivity contribution is 7.99. The average molecular weight is 472 g/mol. The Bertz CT molecular complexity index is 1340. The Hall–Kier alpha value is -3.57. The molecule has 2 aromatic carbocycles. The van der Waals surface area contributed by atoms with E-state index >= 15 is 0 Å². The molecule has 1 aliphatic heterocycles. The van der Waals surface area contributed by atoms with Gasteiger partial charge in [0.25, 0.3) is 0 Å². The van der Waals surface area contributed by atoms with Crippen LogP contribution < -0.4 is 19.8 Å². The van der Waals surface area contributed by atoms with Crippen LogP contribution in [0.15, 0.2) is 68.1 Å². The number of rotatable bonds is 6. The highest BCUT2D eigenvalue weighted by Gasteiger charge is 2.32. The smallest absolute Gasteiger partial charge is 0.437 e. The van der Waals surface area contributed by atoms with Crippen LogP contribution >= 0.6 is 23.4 Å². The maximum Gasteiger partial charge on any atom is 0.437 e. The van der Waals surface area contributed by atoms with Crippen LogP contribution in [0.4, 0.5) is 0 Å². The van der Waals surface area contributed by atoms with Crippen LogP contribution in [0.1, 0.15) is 11.5 Å². The van der Waals surface area contributed by atoms with Crippen molar-refractivity contribution in [2.24, 2.45) is 5.10 Å². The molecule has 162 valence electrons. The van der Waals surface area contributed by atoms with Gasteiger partial charge in [0.05, 0.1) is 12.9 Å². The van der Waals surface area contributed by atoms with Crippen molar-refractivity contribution in [2.45, 2.75) is 11.8 Å². The highest BCUT2D eigenvalue weighted by Crippen LogP contribution is 2.24. The molecule has 0 amide bonds. The monoisotopic (exact) mass is 471 g/mol. The van der Waals surface area contributed by atoms with Crippen molar-refractivity contribution in [3.8, 4) is 17.2 Å². The summed E-state index contributed by atoms with van der Waals surface area (Å²) in [6, 6.07) is 14.2. The van der Waals surface area contributed by atoms with E-state index in [1.54, 1.807) is 65.0 Å². The Morgan fingerprint density at radius 2 is 1.91 bits per heavy atom. The van der Waals surface area contributed by atoms with Gasteiger partial charge in [0, 0.05) is 17.2 Å². The first-order chi connectivity index (χ1) is 15.6. The molecular weight excluding hydrogens is 456 g/mol. The number of aromatic amines is 1. The second-order valence-electron chi connectivity index (χ2n) is 6.65. The molecular formula is C20H16ClN6O4S+. The molecule has 0 fully saturated rings. The Morgan fingerprint density at radius 3 is 2.66 bits per heavy atom. The van der Waals surface area contributed by atoms with E-state index in [2.05, 4.69) is 20.6 Å². The Labute approximate surface area is 190 Å². The van der Waals surface area contributed by atoms with Crippen LogP contribution in [0, 0.1) is 0 Å². The van der Waals surface area contributed by atoms with Gasteiger partial charge in [-0.1, -0.05) is 23.4 Å². The second kappa shape index (κ2) is 8.52. The number of fused-ring (bicyclic) bond motifs is 1. The quantitative estimate of drug-likeness (QED) is 0.430. The van der Waals surface area contributed by atoms with Crippen molar-refractivity contribution < 1.29 is 18.7 Å². The van der Waals surface area contributed by atoms with Crippen molar-refractivity contribution in [1.29, 1.82) is 0 Å². The summed E-state index contributed by atoms with van der Waals surface area (Å²) in [5.74, 6) is 2.26. The van der Waals surface area contributed by atoms with E-state index in [4.69, 9.17) is 25.6 Å². The predicted molar refractivity (Wildman–Crippen MR) is 116 cm³/mol. The fraction of sp³-hybridized carbons (Fsp3) is 0.150. The number of aromatic nitrogens is 5. The van der Waals surface area contributed by atoms with Gasteiger partial charge >= 0.3 is 11.3 Å². The van der Waals surface area contributed by atoms with E-state index in [1.165, 1.54) is 11.8 Å². The van der Waals surface area contributed by atoms with Crippen LogP contribution in [-0.2, 0) is 6.61 Å². The Morgan fingerprint density at radius 1 is 1.16 bits per heavy atom. The minimum atomic E-state index is -0.532. The lowest BCUT2D eigenvalue weighted by Gasteiger charge is -2.11. The molecule has 0 aliphatic carbocycles. The zero-order valence-electron chi connectivity index (χ0n) is 16.7. The van der Waals surface area contributed by atoms with Crippen LogP contribution in [0.25, 0.3) is 5.69 Å². The molecule has 0 saturated heterocycles. The minimum absolute atomic E-state index is 0.145. The number of hydrogen-bond donors (Lipinski definition) is 1. The summed E-state index contributed by atoms with van der Waals surface area (Å²) in [4.78, 5) is 12.5. The lowest BCUT2D eigenvalue weighted by Crippen LogP contribution is -2.42. The summed E-state index contributed by atoms with van der Waals surface area (Å²) in [5, 5.41) is 16.8. The largest absolute Gasteiger partial charge is 0.497 e. The summed E-state index contributed by atoms with van der Waals surface area (Å²) >= 11 is 7.33. The van der Waals surface area contributed by atoms with Gasteiger partial charge < -0.3 is 9.47 Å². The lowest BCUT2D eigenvalue weighted by atomic mass is 10.2. The van der Waals surface area contributed by atoms with Gasteiger partial charge in [0.15, 0.2) is 11.5 Å². The maximum absolute atomic E-state index is 12.5. The maximum atomic E-state index is 12.5. The molecule has 32 heavy (non-hydrogen) atoms. The van der Waals surface area contributed by atoms with Gasteiger partial charge in [-0.2, -0.15) is 9.78 Å². The van der Waals surface area contributed by atoms with Gasteiger partial charge in [0.1, 0.15) is 18.1 Å². The average Bonchev–Trinajstić information content (AvgIpc) is 3.41. The van der Waals surface area contributed by atoms with Gasteiger partial charge in [-0.05, 0) is 46.4 Å². The molecule has 12 heteroatoms. The fourth-order valence-electron chi connectivity index (χ4n) is 3.09. The summed E-state index contributed by atoms with van der Waals surface area (Å²) in [6.07, 6.45) is 0. The number of thioether (sulfide) groups is 1. The molecule has 5 rings (SSSR count). The van der Waals surface area contributed by atoms with E-state index in [0.717, 1.165) is 0 Å². The normalized spacial score (nSPS) is 12.9. The van der Waals surface area contributed by atoms with Gasteiger partial charge in [-0.15, -0.1) is 10.2 Å². The summed E-state index contributed by atoms with van der Waals surface area (Å²) in [7, 11) is 1.59. The Kier molecular flexibility index (Phi) is 5.41. The molecule has 0 atom stereocenters. The van der Waals surface area contributed by atoms with E-state index in [1.807, 2.05) is 0 Å². The van der Waals surface area contributed by atoms with E-state index in [9.17, 15) is 4.79 Å². The molecule has 2 aromatic heterocycles. The number of halogens is 1. The van der Waals surface area contributed by atoms with E-state index in [-0.39, 0.29) is 12.3 Å².